The highest BCUT2D eigenvalue weighted by Gasteiger charge is 2.21. The minimum atomic E-state index is -0.277. The molecule has 3 aromatic rings. The molecule has 0 aliphatic carbocycles. The molecule has 1 amide bonds. The van der Waals surface area contributed by atoms with E-state index in [2.05, 4.69) is 57.4 Å². The number of carbonyl (C=O) groups is 1. The quantitative estimate of drug-likeness (QED) is 0.325. The molecule has 0 unspecified atom stereocenters. The van der Waals surface area contributed by atoms with Gasteiger partial charge in [0.1, 0.15) is 10.7 Å². The Bertz CT molecular complexity index is 1300. The number of benzene rings is 1. The number of anilines is 4. The minimum absolute atomic E-state index is 0.277. The van der Waals surface area contributed by atoms with E-state index in [-0.39, 0.29) is 5.91 Å². The first-order valence-electron chi connectivity index (χ1n) is 12.5. The van der Waals surface area contributed by atoms with E-state index in [0.29, 0.717) is 38.5 Å². The summed E-state index contributed by atoms with van der Waals surface area (Å²) in [5.74, 6) is 1.89. The topological polar surface area (TPSA) is 99.2 Å². The van der Waals surface area contributed by atoms with Gasteiger partial charge in [0, 0.05) is 39.1 Å². The van der Waals surface area contributed by atoms with Crippen LogP contribution in [0.25, 0.3) is 0 Å². The lowest BCUT2D eigenvalue weighted by molar-refractivity contribution is 0.103. The zero-order valence-corrected chi connectivity index (χ0v) is 23.6. The molecule has 0 atom stereocenters. The molecule has 4 rings (SSSR count). The van der Waals surface area contributed by atoms with Gasteiger partial charge in [-0.05, 0) is 30.0 Å². The Kier molecular flexibility index (Phi) is 9.09. The summed E-state index contributed by atoms with van der Waals surface area (Å²) < 4.78 is 0. The Morgan fingerprint density at radius 3 is 2.66 bits per heavy atom. The number of halogens is 1. The SMILES string of the molecule is C=CC(=C)CN1CCN(c2nc(CC(C)C)nc(Nc3ncc(C(=O)Nc4c(C)cccc4Cl)s3)n2)CC1. The number of hydrogen-bond acceptors (Lipinski definition) is 9. The molecule has 38 heavy (non-hydrogen) atoms. The van der Waals surface area contributed by atoms with E-state index in [1.54, 1.807) is 12.1 Å². The van der Waals surface area contributed by atoms with Crippen LogP contribution in [0.5, 0.6) is 0 Å². The maximum Gasteiger partial charge on any atom is 0.267 e. The maximum atomic E-state index is 12.8. The third kappa shape index (κ3) is 7.15. The van der Waals surface area contributed by atoms with Crippen molar-refractivity contribution >= 4 is 51.6 Å². The maximum absolute atomic E-state index is 12.8. The summed E-state index contributed by atoms with van der Waals surface area (Å²) >= 11 is 7.49. The van der Waals surface area contributed by atoms with E-state index in [1.165, 1.54) is 17.5 Å². The predicted molar refractivity (Wildman–Crippen MR) is 156 cm³/mol. The number of para-hydroxylation sites is 1. The Morgan fingerprint density at radius 1 is 1.21 bits per heavy atom. The van der Waals surface area contributed by atoms with Crippen LogP contribution in [0.4, 0.5) is 22.7 Å². The molecule has 200 valence electrons. The van der Waals surface area contributed by atoms with Crippen molar-refractivity contribution in [3.63, 3.8) is 0 Å². The van der Waals surface area contributed by atoms with Crippen LogP contribution in [0.1, 0.15) is 34.9 Å². The third-order valence-electron chi connectivity index (χ3n) is 6.04. The molecule has 1 aliphatic heterocycles. The van der Waals surface area contributed by atoms with Crippen molar-refractivity contribution in [2.24, 2.45) is 5.92 Å². The molecule has 1 saturated heterocycles. The zero-order valence-electron chi connectivity index (χ0n) is 22.0. The number of thiazole rings is 1. The van der Waals surface area contributed by atoms with Gasteiger partial charge in [-0.25, -0.2) is 4.98 Å². The van der Waals surface area contributed by atoms with Crippen LogP contribution in [0, 0.1) is 12.8 Å². The van der Waals surface area contributed by atoms with Crippen LogP contribution in [0.15, 0.2) is 49.2 Å². The number of aromatic nitrogens is 4. The molecule has 1 fully saturated rings. The number of hydrogen-bond donors (Lipinski definition) is 2. The van der Waals surface area contributed by atoms with E-state index in [1.807, 2.05) is 19.1 Å². The van der Waals surface area contributed by atoms with Crippen molar-refractivity contribution in [2.45, 2.75) is 27.2 Å². The van der Waals surface area contributed by atoms with Crippen LogP contribution in [0.2, 0.25) is 5.02 Å². The summed E-state index contributed by atoms with van der Waals surface area (Å²) in [5.41, 5.74) is 2.50. The lowest BCUT2D eigenvalue weighted by Crippen LogP contribution is -2.47. The van der Waals surface area contributed by atoms with Crippen molar-refractivity contribution in [3.05, 3.63) is 70.5 Å². The fourth-order valence-corrected chi connectivity index (χ4v) is 4.99. The van der Waals surface area contributed by atoms with Crippen molar-refractivity contribution < 1.29 is 4.79 Å². The minimum Gasteiger partial charge on any atom is -0.338 e. The normalized spacial score (nSPS) is 14.0. The smallest absolute Gasteiger partial charge is 0.267 e. The molecule has 2 aromatic heterocycles. The lowest BCUT2D eigenvalue weighted by atomic mass is 10.1. The van der Waals surface area contributed by atoms with Crippen molar-refractivity contribution in [2.75, 3.05) is 48.3 Å². The molecule has 0 bridgehead atoms. The summed E-state index contributed by atoms with van der Waals surface area (Å²) in [4.78, 5) is 36.3. The Balaban J connectivity index is 1.48. The second-order valence-corrected chi connectivity index (χ2v) is 11.1. The van der Waals surface area contributed by atoms with Gasteiger partial charge in [0.25, 0.3) is 5.91 Å². The number of amides is 1. The van der Waals surface area contributed by atoms with E-state index in [4.69, 9.17) is 21.6 Å². The fourth-order valence-electron chi connectivity index (χ4n) is 4.02. The standard InChI is InChI=1S/C27H33ClN8OS/c1-6-18(4)16-35-10-12-36(13-11-35)26-31-22(14-17(2)3)30-25(33-26)34-27-29-15-21(38-27)24(37)32-23-19(5)8-7-9-20(23)28/h6-9,15,17H,1,4,10-14,16H2,2-3,5H3,(H,32,37)(H,29,30,31,33,34). The van der Waals surface area contributed by atoms with Gasteiger partial charge in [-0.2, -0.15) is 15.0 Å². The summed E-state index contributed by atoms with van der Waals surface area (Å²) in [6.45, 7) is 18.2. The molecular formula is C27H33ClN8OS. The predicted octanol–water partition coefficient (Wildman–Crippen LogP) is 5.35. The van der Waals surface area contributed by atoms with E-state index >= 15 is 0 Å². The zero-order chi connectivity index (χ0) is 27.2. The summed E-state index contributed by atoms with van der Waals surface area (Å²) in [6, 6.07) is 5.49. The summed E-state index contributed by atoms with van der Waals surface area (Å²) in [6.07, 6.45) is 4.06. The van der Waals surface area contributed by atoms with Crippen LogP contribution in [0.3, 0.4) is 0 Å². The summed E-state index contributed by atoms with van der Waals surface area (Å²) in [7, 11) is 0. The Hall–Kier alpha value is -3.34. The first kappa shape index (κ1) is 27.7. The Morgan fingerprint density at radius 2 is 1.97 bits per heavy atom. The van der Waals surface area contributed by atoms with E-state index in [0.717, 1.165) is 56.1 Å². The second-order valence-electron chi connectivity index (χ2n) is 9.64. The van der Waals surface area contributed by atoms with Crippen molar-refractivity contribution in [1.29, 1.82) is 0 Å². The molecule has 0 saturated carbocycles. The van der Waals surface area contributed by atoms with Gasteiger partial charge in [0.05, 0.1) is 16.9 Å². The van der Waals surface area contributed by atoms with Crippen molar-refractivity contribution in [3.8, 4) is 0 Å². The molecule has 11 heteroatoms. The van der Waals surface area contributed by atoms with Crippen LogP contribution < -0.4 is 15.5 Å². The highest BCUT2D eigenvalue weighted by molar-refractivity contribution is 7.17. The lowest BCUT2D eigenvalue weighted by Gasteiger charge is -2.34. The molecule has 1 aromatic carbocycles. The van der Waals surface area contributed by atoms with Crippen LogP contribution >= 0.6 is 22.9 Å². The number of carbonyl (C=O) groups excluding carboxylic acids is 1. The molecule has 2 N–H and O–H groups in total. The summed E-state index contributed by atoms with van der Waals surface area (Å²) in [5, 5.41) is 7.07. The average molecular weight is 553 g/mol. The number of rotatable bonds is 10. The van der Waals surface area contributed by atoms with Crippen LogP contribution in [-0.2, 0) is 6.42 Å². The molecule has 0 spiro atoms. The van der Waals surface area contributed by atoms with Gasteiger partial charge in [-0.15, -0.1) is 0 Å². The largest absolute Gasteiger partial charge is 0.338 e. The second kappa shape index (κ2) is 12.5. The highest BCUT2D eigenvalue weighted by Crippen LogP contribution is 2.28. The number of piperazine rings is 1. The Labute approximate surface area is 232 Å². The van der Waals surface area contributed by atoms with E-state index < -0.39 is 0 Å². The van der Waals surface area contributed by atoms with Gasteiger partial charge < -0.3 is 10.2 Å². The van der Waals surface area contributed by atoms with Crippen molar-refractivity contribution in [1.82, 2.24) is 24.8 Å². The molecular weight excluding hydrogens is 520 g/mol. The average Bonchev–Trinajstić information content (AvgIpc) is 3.34. The fraction of sp³-hybridized carbons (Fsp3) is 0.370. The van der Waals surface area contributed by atoms with E-state index in [9.17, 15) is 4.79 Å². The number of aryl methyl sites for hydroxylation is 1. The molecule has 9 nitrogen and oxygen atoms in total. The van der Waals surface area contributed by atoms with Gasteiger partial charge in [0.15, 0.2) is 5.13 Å². The highest BCUT2D eigenvalue weighted by atomic mass is 35.5. The third-order valence-corrected chi connectivity index (χ3v) is 7.27. The molecule has 3 heterocycles. The number of nitrogens with zero attached hydrogens (tertiary/aromatic N) is 6. The molecule has 0 radical (unpaired) electrons. The molecule has 1 aliphatic rings. The van der Waals surface area contributed by atoms with Gasteiger partial charge in [-0.1, -0.05) is 68.2 Å². The van der Waals surface area contributed by atoms with Crippen LogP contribution in [-0.4, -0.2) is 63.5 Å². The monoisotopic (exact) mass is 552 g/mol. The van der Waals surface area contributed by atoms with Gasteiger partial charge >= 0.3 is 0 Å². The first-order valence-corrected chi connectivity index (χ1v) is 13.7. The van der Waals surface area contributed by atoms with Gasteiger partial charge in [0.2, 0.25) is 11.9 Å². The van der Waals surface area contributed by atoms with Gasteiger partial charge in [-0.3, -0.25) is 15.0 Å². The first-order chi connectivity index (χ1) is 18.2. The number of nitrogens with one attached hydrogen (secondary N) is 2.